The highest BCUT2D eigenvalue weighted by atomic mass is 79.9. The summed E-state index contributed by atoms with van der Waals surface area (Å²) in [6.45, 7) is 5.15. The van der Waals surface area contributed by atoms with Gasteiger partial charge in [0.2, 0.25) is 0 Å². The molecule has 0 fully saturated rings. The van der Waals surface area contributed by atoms with Crippen molar-refractivity contribution in [3.63, 3.8) is 0 Å². The molecule has 1 aromatic carbocycles. The molecule has 1 aliphatic heterocycles. The fourth-order valence-electron chi connectivity index (χ4n) is 2.31. The van der Waals surface area contributed by atoms with E-state index < -0.39 is 0 Å². The maximum absolute atomic E-state index is 14.1. The average molecular weight is 318 g/mol. The molecule has 0 saturated heterocycles. The summed E-state index contributed by atoms with van der Waals surface area (Å²) in [7, 11) is 0. The van der Waals surface area contributed by atoms with Gasteiger partial charge >= 0.3 is 0 Å². The summed E-state index contributed by atoms with van der Waals surface area (Å²) < 4.78 is 15.1. The largest absolute Gasteiger partial charge is 0.310 e. The summed E-state index contributed by atoms with van der Waals surface area (Å²) >= 11 is 5.44. The third kappa shape index (κ3) is 2.85. The highest BCUT2D eigenvalue weighted by Crippen LogP contribution is 2.39. The topological polar surface area (TPSA) is 12.0 Å². The second-order valence-corrected chi connectivity index (χ2v) is 6.67. The first-order valence-corrected chi connectivity index (χ1v) is 7.79. The SMILES string of the molecule is CCNC1CC(C)SCc2c(Br)ccc(F)c21. The monoisotopic (exact) mass is 317 g/mol. The minimum absolute atomic E-state index is 0.0798. The highest BCUT2D eigenvalue weighted by Gasteiger charge is 2.26. The van der Waals surface area contributed by atoms with Gasteiger partial charge in [0.05, 0.1) is 0 Å². The second-order valence-electron chi connectivity index (χ2n) is 4.39. The van der Waals surface area contributed by atoms with Gasteiger partial charge in [-0.3, -0.25) is 0 Å². The Bertz CT molecular complexity index is 411. The van der Waals surface area contributed by atoms with Crippen LogP contribution in [-0.4, -0.2) is 11.8 Å². The van der Waals surface area contributed by atoms with Crippen LogP contribution in [0.4, 0.5) is 4.39 Å². The molecule has 0 bridgehead atoms. The molecule has 1 heterocycles. The summed E-state index contributed by atoms with van der Waals surface area (Å²) in [5, 5.41) is 3.96. The van der Waals surface area contributed by atoms with E-state index in [1.807, 2.05) is 17.8 Å². The van der Waals surface area contributed by atoms with Crippen molar-refractivity contribution in [1.29, 1.82) is 0 Å². The van der Waals surface area contributed by atoms with Gasteiger partial charge in [-0.2, -0.15) is 11.8 Å². The Hall–Kier alpha value is -0.0600. The van der Waals surface area contributed by atoms with E-state index in [0.717, 1.165) is 34.3 Å². The van der Waals surface area contributed by atoms with E-state index in [-0.39, 0.29) is 11.9 Å². The molecule has 0 aliphatic carbocycles. The fourth-order valence-corrected chi connectivity index (χ4v) is 4.07. The maximum Gasteiger partial charge on any atom is 0.128 e. The van der Waals surface area contributed by atoms with E-state index in [2.05, 4.69) is 35.1 Å². The van der Waals surface area contributed by atoms with E-state index in [1.165, 1.54) is 0 Å². The number of benzene rings is 1. The van der Waals surface area contributed by atoms with Crippen LogP contribution in [0, 0.1) is 5.82 Å². The Morgan fingerprint density at radius 2 is 2.29 bits per heavy atom. The predicted molar refractivity (Wildman–Crippen MR) is 75.9 cm³/mol. The lowest BCUT2D eigenvalue weighted by Crippen LogP contribution is -2.24. The molecule has 94 valence electrons. The molecule has 17 heavy (non-hydrogen) atoms. The first-order valence-electron chi connectivity index (χ1n) is 5.95. The number of hydrogen-bond acceptors (Lipinski definition) is 2. The first kappa shape index (κ1) is 13.4. The van der Waals surface area contributed by atoms with Crippen molar-refractivity contribution in [2.45, 2.75) is 37.3 Å². The van der Waals surface area contributed by atoms with Gasteiger partial charge in [-0.1, -0.05) is 29.8 Å². The Morgan fingerprint density at radius 3 is 3.00 bits per heavy atom. The molecule has 2 unspecified atom stereocenters. The fraction of sp³-hybridized carbons (Fsp3) is 0.538. The van der Waals surface area contributed by atoms with Crippen LogP contribution in [0.1, 0.15) is 37.4 Å². The van der Waals surface area contributed by atoms with Crippen molar-refractivity contribution in [2.24, 2.45) is 0 Å². The van der Waals surface area contributed by atoms with Crippen LogP contribution in [0.25, 0.3) is 0 Å². The molecule has 0 spiro atoms. The van der Waals surface area contributed by atoms with Crippen molar-refractivity contribution >= 4 is 27.7 Å². The molecule has 0 saturated carbocycles. The van der Waals surface area contributed by atoms with Crippen LogP contribution < -0.4 is 5.32 Å². The lowest BCUT2D eigenvalue weighted by molar-refractivity contribution is 0.485. The highest BCUT2D eigenvalue weighted by molar-refractivity contribution is 9.10. The van der Waals surface area contributed by atoms with Crippen molar-refractivity contribution in [3.8, 4) is 0 Å². The summed E-state index contributed by atoms with van der Waals surface area (Å²) in [6, 6.07) is 3.51. The molecule has 4 heteroatoms. The minimum atomic E-state index is -0.0798. The number of fused-ring (bicyclic) bond motifs is 1. The van der Waals surface area contributed by atoms with Crippen molar-refractivity contribution in [1.82, 2.24) is 5.32 Å². The van der Waals surface area contributed by atoms with Crippen molar-refractivity contribution < 1.29 is 4.39 Å². The summed E-state index contributed by atoms with van der Waals surface area (Å²) in [5.41, 5.74) is 1.98. The number of thioether (sulfide) groups is 1. The Morgan fingerprint density at radius 1 is 1.53 bits per heavy atom. The standard InChI is InChI=1S/C13H17BrFNS/c1-3-16-12-6-8(2)17-7-9-10(14)4-5-11(15)13(9)12/h4-5,8,12,16H,3,6-7H2,1-2H3. The van der Waals surface area contributed by atoms with E-state index >= 15 is 0 Å². The average Bonchev–Trinajstić information content (AvgIpc) is 2.45. The van der Waals surface area contributed by atoms with Crippen LogP contribution >= 0.6 is 27.7 Å². The molecule has 0 radical (unpaired) electrons. The van der Waals surface area contributed by atoms with Gasteiger partial charge in [-0.15, -0.1) is 0 Å². The van der Waals surface area contributed by atoms with Crippen LogP contribution in [0.3, 0.4) is 0 Å². The van der Waals surface area contributed by atoms with Crippen molar-refractivity contribution in [3.05, 3.63) is 33.5 Å². The van der Waals surface area contributed by atoms with Gasteiger partial charge in [0.25, 0.3) is 0 Å². The lowest BCUT2D eigenvalue weighted by atomic mass is 9.97. The lowest BCUT2D eigenvalue weighted by Gasteiger charge is -2.21. The van der Waals surface area contributed by atoms with E-state index in [1.54, 1.807) is 6.07 Å². The van der Waals surface area contributed by atoms with Gasteiger partial charge in [0.1, 0.15) is 5.82 Å². The molecule has 2 rings (SSSR count). The van der Waals surface area contributed by atoms with Crippen LogP contribution in [0.2, 0.25) is 0 Å². The normalized spacial score (nSPS) is 24.2. The van der Waals surface area contributed by atoms with E-state index in [4.69, 9.17) is 0 Å². The number of hydrogen-bond donors (Lipinski definition) is 1. The van der Waals surface area contributed by atoms with Gasteiger partial charge in [0.15, 0.2) is 0 Å². The molecule has 1 aromatic rings. The van der Waals surface area contributed by atoms with Gasteiger partial charge < -0.3 is 5.32 Å². The number of nitrogens with one attached hydrogen (secondary N) is 1. The second kappa shape index (κ2) is 5.72. The summed E-state index contributed by atoms with van der Waals surface area (Å²) in [4.78, 5) is 0. The van der Waals surface area contributed by atoms with Crippen molar-refractivity contribution in [2.75, 3.05) is 6.54 Å². The number of rotatable bonds is 2. The van der Waals surface area contributed by atoms with Gasteiger partial charge in [-0.05, 0) is 30.7 Å². The summed E-state index contributed by atoms with van der Waals surface area (Å²) in [5.74, 6) is 0.806. The third-order valence-electron chi connectivity index (χ3n) is 3.13. The zero-order chi connectivity index (χ0) is 12.4. The van der Waals surface area contributed by atoms with Crippen LogP contribution in [0.5, 0.6) is 0 Å². The Labute approximate surface area is 115 Å². The molecule has 1 N–H and O–H groups in total. The smallest absolute Gasteiger partial charge is 0.128 e. The van der Waals surface area contributed by atoms with Crippen LogP contribution in [-0.2, 0) is 5.75 Å². The van der Waals surface area contributed by atoms with E-state index in [0.29, 0.717) is 5.25 Å². The molecule has 0 amide bonds. The number of halogens is 2. The molecular weight excluding hydrogens is 301 g/mol. The third-order valence-corrected chi connectivity index (χ3v) is 5.09. The first-order chi connectivity index (χ1) is 8.13. The molecule has 1 aliphatic rings. The van der Waals surface area contributed by atoms with Crippen LogP contribution in [0.15, 0.2) is 16.6 Å². The Kier molecular flexibility index (Phi) is 4.50. The zero-order valence-corrected chi connectivity index (χ0v) is 12.5. The summed E-state index contributed by atoms with van der Waals surface area (Å²) in [6.07, 6.45) is 0.985. The predicted octanol–water partition coefficient (Wildman–Crippen LogP) is 4.26. The minimum Gasteiger partial charge on any atom is -0.310 e. The van der Waals surface area contributed by atoms with Gasteiger partial charge in [-0.25, -0.2) is 4.39 Å². The zero-order valence-electron chi connectivity index (χ0n) is 10.1. The maximum atomic E-state index is 14.1. The molecular formula is C13H17BrFNS. The molecule has 0 aromatic heterocycles. The molecule has 1 nitrogen and oxygen atoms in total. The Balaban J connectivity index is 2.47. The van der Waals surface area contributed by atoms with Gasteiger partial charge in [0, 0.05) is 27.1 Å². The van der Waals surface area contributed by atoms with E-state index in [9.17, 15) is 4.39 Å². The quantitative estimate of drug-likeness (QED) is 0.874. The molecule has 2 atom stereocenters.